The fourth-order valence-corrected chi connectivity index (χ4v) is 0. The summed E-state index contributed by atoms with van der Waals surface area (Å²) in [6, 6.07) is 0. The van der Waals surface area contributed by atoms with Crippen molar-refractivity contribution < 1.29 is 354 Å². The fraction of sp³-hybridized carbons (Fsp3) is 0.500. The minimum Gasteiger partial charge on any atom is -0.550 e. The Morgan fingerprint density at radius 2 is 0.111 bits per heavy atom. The van der Waals surface area contributed by atoms with Crippen LogP contribution < -0.4 is 91.9 Å². The first-order valence-corrected chi connectivity index (χ1v) is 16.3. The monoisotopic (exact) mass is 1640 g/mol. The number of carbonyl (C=O) groups excluding carboxylic acids is 18. The van der Waals surface area contributed by atoms with E-state index in [4.69, 9.17) is 178 Å². The fourth-order valence-electron chi connectivity index (χ4n) is 0. The van der Waals surface area contributed by atoms with E-state index in [1.807, 2.05) is 0 Å². The molecule has 0 fully saturated rings. The van der Waals surface area contributed by atoms with Gasteiger partial charge in [-0.1, -0.05) is 0 Å². The second kappa shape index (κ2) is 171. The molecule has 0 aliphatic carbocycles. The Balaban J connectivity index is -0.0000000151. The Kier molecular flexibility index (Phi) is 376. The van der Waals surface area contributed by atoms with E-state index in [9.17, 15) is 0 Å². The van der Waals surface area contributed by atoms with Crippen molar-refractivity contribution in [2.75, 3.05) is 0 Å². The number of aliphatic carboxylic acids is 18. The molecule has 0 aliphatic heterocycles. The third kappa shape index (κ3) is 27000. The van der Waals surface area contributed by atoms with Crippen molar-refractivity contribution in [1.82, 2.24) is 0 Å². The molecule has 0 aromatic rings. The first-order valence-electron chi connectivity index (χ1n) is 16.3. The van der Waals surface area contributed by atoms with Crippen LogP contribution in [0, 0.1) is 0 Å². The molecule has 432 valence electrons. The third-order valence-corrected chi connectivity index (χ3v) is 0. The van der Waals surface area contributed by atoms with E-state index in [1.165, 1.54) is 0 Å². The van der Waals surface area contributed by atoms with Crippen molar-refractivity contribution in [2.45, 2.75) is 125 Å². The van der Waals surface area contributed by atoms with E-state index in [-0.39, 0.29) is 175 Å². The Labute approximate surface area is 580 Å². The molecule has 0 aliphatic rings. The maximum atomic E-state index is 8.89. The van der Waals surface area contributed by atoms with Gasteiger partial charge in [0.25, 0.3) is 0 Å². The summed E-state index contributed by atoms with van der Waals surface area (Å²) in [5, 5.41) is 160. The molecule has 0 saturated heterocycles. The molecule has 0 aromatic heterocycles. The predicted molar refractivity (Wildman–Crippen MR) is 192 cm³/mol. The molecule has 81 heavy (non-hydrogen) atoms. The number of carboxylic acid groups (broad SMARTS) is 18. The van der Waals surface area contributed by atoms with Gasteiger partial charge in [-0.25, -0.2) is 0 Å². The van der Waals surface area contributed by atoms with Gasteiger partial charge < -0.3 is 178 Å². The molecular formula is C36H54O36Zn9. The quantitative estimate of drug-likeness (QED) is 0.203. The number of rotatable bonds is 0. The van der Waals surface area contributed by atoms with Gasteiger partial charge in [0.05, 0.1) is 0 Å². The van der Waals surface area contributed by atoms with Crippen LogP contribution in [0.1, 0.15) is 125 Å². The Morgan fingerprint density at radius 3 is 0.111 bits per heavy atom. The molecule has 0 heterocycles. The van der Waals surface area contributed by atoms with Gasteiger partial charge in [-0.2, -0.15) is 0 Å². The zero-order valence-electron chi connectivity index (χ0n) is 48.1. The summed E-state index contributed by atoms with van der Waals surface area (Å²) in [5.41, 5.74) is 0. The maximum absolute atomic E-state index is 8.89. The van der Waals surface area contributed by atoms with E-state index in [1.54, 1.807) is 0 Å². The summed E-state index contributed by atoms with van der Waals surface area (Å²) in [6.07, 6.45) is 0. The van der Waals surface area contributed by atoms with Gasteiger partial charge >= 0.3 is 175 Å². The van der Waals surface area contributed by atoms with Crippen molar-refractivity contribution in [1.29, 1.82) is 0 Å². The molecule has 0 saturated carbocycles. The largest absolute Gasteiger partial charge is 2.00 e. The van der Waals surface area contributed by atoms with Crippen LogP contribution in [0.15, 0.2) is 0 Å². The first-order chi connectivity index (χ1) is 31.2. The molecule has 0 bridgehead atoms. The van der Waals surface area contributed by atoms with Crippen molar-refractivity contribution in [3.63, 3.8) is 0 Å². The molecule has 0 unspecified atom stereocenters. The number of carboxylic acids is 18. The van der Waals surface area contributed by atoms with E-state index < -0.39 is 107 Å². The van der Waals surface area contributed by atoms with Crippen LogP contribution in [-0.2, 0) is 262 Å². The van der Waals surface area contributed by atoms with Gasteiger partial charge in [0.2, 0.25) is 0 Å². The summed E-state index contributed by atoms with van der Waals surface area (Å²) < 4.78 is 0. The Morgan fingerprint density at radius 1 is 0.111 bits per heavy atom. The number of carbonyl (C=O) groups is 18. The molecular weight excluding hydrogens is 1600 g/mol. The van der Waals surface area contributed by atoms with Gasteiger partial charge in [-0.05, 0) is 125 Å². The normalized spacial score (nSPS) is 5.56. The van der Waals surface area contributed by atoms with Crippen LogP contribution in [0.25, 0.3) is 0 Å². The molecule has 0 spiro atoms. The molecule has 0 amide bonds. The topological polar surface area (TPSA) is 722 Å². The van der Waals surface area contributed by atoms with Crippen LogP contribution in [0.5, 0.6) is 0 Å². The van der Waals surface area contributed by atoms with Crippen LogP contribution in [0.3, 0.4) is 0 Å². The van der Waals surface area contributed by atoms with Crippen molar-refractivity contribution >= 4 is 107 Å². The molecule has 36 nitrogen and oxygen atoms in total. The van der Waals surface area contributed by atoms with Gasteiger partial charge in [-0.15, -0.1) is 0 Å². The standard InChI is InChI=1S/18C2H4O2.9Zn/c18*1-2(3)4;;;;;;;;;/h18*1H3,(H,3,4);;;;;;;;;/q;;;;;;;;;;;;;;;;;;9*+2/p-18. The summed E-state index contributed by atoms with van der Waals surface area (Å²) >= 11 is 0. The van der Waals surface area contributed by atoms with Crippen LogP contribution in [-0.4, -0.2) is 107 Å². The van der Waals surface area contributed by atoms with Crippen LogP contribution in [0.4, 0.5) is 0 Å². The minimum absolute atomic E-state index is 0. The molecule has 0 aromatic carbocycles. The smallest absolute Gasteiger partial charge is 0.550 e. The zero-order valence-corrected chi connectivity index (χ0v) is 74.8. The summed E-state index contributed by atoms with van der Waals surface area (Å²) in [7, 11) is 0. The van der Waals surface area contributed by atoms with Gasteiger partial charge in [-0.3, -0.25) is 0 Å². The van der Waals surface area contributed by atoms with Gasteiger partial charge in [0.15, 0.2) is 0 Å². The second-order valence-electron chi connectivity index (χ2n) is 8.85. The van der Waals surface area contributed by atoms with Gasteiger partial charge in [0, 0.05) is 107 Å². The average Bonchev–Trinajstić information content (AvgIpc) is 2.91. The third-order valence-electron chi connectivity index (χ3n) is 0. The number of hydrogen-bond donors (Lipinski definition) is 0. The van der Waals surface area contributed by atoms with Crippen molar-refractivity contribution in [3.8, 4) is 0 Å². The van der Waals surface area contributed by atoms with Crippen molar-refractivity contribution in [3.05, 3.63) is 0 Å². The van der Waals surface area contributed by atoms with E-state index in [0.29, 0.717) is 0 Å². The Bertz CT molecular complexity index is 977. The molecule has 0 N–H and O–H groups in total. The zero-order chi connectivity index (χ0) is 64.4. The van der Waals surface area contributed by atoms with E-state index >= 15 is 0 Å². The Hall–Kier alpha value is -3.93. The number of hydrogen-bond acceptors (Lipinski definition) is 36. The average molecular weight is 1650 g/mol. The SMILES string of the molecule is CC(=O)[O-].CC(=O)[O-].CC(=O)[O-].CC(=O)[O-].CC(=O)[O-].CC(=O)[O-].CC(=O)[O-].CC(=O)[O-].CC(=O)[O-].CC(=O)[O-].CC(=O)[O-].CC(=O)[O-].CC(=O)[O-].CC(=O)[O-].CC(=O)[O-].CC(=O)[O-].CC(=O)[O-].CC(=O)[O-].[Zn+2].[Zn+2].[Zn+2].[Zn+2].[Zn+2].[Zn+2].[Zn+2].[Zn+2].[Zn+2]. The summed E-state index contributed by atoms with van der Waals surface area (Å²) in [4.78, 5) is 160. The maximum Gasteiger partial charge on any atom is 2.00 e. The molecule has 45 heteroatoms. The van der Waals surface area contributed by atoms with Gasteiger partial charge in [0.1, 0.15) is 0 Å². The predicted octanol–water partition coefficient (Wildman–Crippen LogP) is -22.4. The van der Waals surface area contributed by atoms with Crippen molar-refractivity contribution in [2.24, 2.45) is 0 Å². The molecule has 0 atom stereocenters. The molecule has 0 radical (unpaired) electrons. The van der Waals surface area contributed by atoms with E-state index in [2.05, 4.69) is 0 Å². The van der Waals surface area contributed by atoms with Crippen LogP contribution >= 0.6 is 0 Å². The first kappa shape index (κ1) is 178. The van der Waals surface area contributed by atoms with Crippen LogP contribution in [0.2, 0.25) is 0 Å². The molecule has 0 rings (SSSR count). The minimum atomic E-state index is -1.08. The summed E-state index contributed by atoms with van der Waals surface area (Å²) in [6.45, 7) is 17.5. The summed E-state index contributed by atoms with van der Waals surface area (Å²) in [5.74, 6) is -19.5. The second-order valence-corrected chi connectivity index (χ2v) is 8.85. The van der Waals surface area contributed by atoms with E-state index in [0.717, 1.165) is 125 Å².